The third-order valence-corrected chi connectivity index (χ3v) is 4.08. The van der Waals surface area contributed by atoms with Gasteiger partial charge in [-0.1, -0.05) is 17.3 Å². The fraction of sp³-hybridized carbons (Fsp3) is 0.333. The van der Waals surface area contributed by atoms with E-state index in [2.05, 4.69) is 22.3 Å². The van der Waals surface area contributed by atoms with Crippen molar-refractivity contribution >= 4 is 11.8 Å². The van der Waals surface area contributed by atoms with Gasteiger partial charge in [-0.25, -0.2) is 0 Å². The highest BCUT2D eigenvalue weighted by Crippen LogP contribution is 2.37. The normalized spacial score (nSPS) is 14.6. The van der Waals surface area contributed by atoms with Gasteiger partial charge in [0.15, 0.2) is 0 Å². The van der Waals surface area contributed by atoms with Gasteiger partial charge in [0.2, 0.25) is 11.7 Å². The molecule has 0 aliphatic carbocycles. The third kappa shape index (κ3) is 1.96. The summed E-state index contributed by atoms with van der Waals surface area (Å²) >= 11 is 1.87. The maximum atomic E-state index is 5.48. The van der Waals surface area contributed by atoms with Crippen molar-refractivity contribution < 1.29 is 4.52 Å². The molecule has 2 heterocycles. The number of nitrogens with zero attached hydrogens (tertiary/aromatic N) is 2. The van der Waals surface area contributed by atoms with Gasteiger partial charge < -0.3 is 10.3 Å². The van der Waals surface area contributed by atoms with Gasteiger partial charge in [-0.3, -0.25) is 0 Å². The number of rotatable bonds is 2. The van der Waals surface area contributed by atoms with Crippen LogP contribution in [-0.2, 0) is 13.0 Å². The molecule has 0 unspecified atom stereocenters. The molecule has 0 amide bonds. The van der Waals surface area contributed by atoms with Crippen LogP contribution >= 0.6 is 11.8 Å². The van der Waals surface area contributed by atoms with Crippen LogP contribution in [0, 0.1) is 0 Å². The molecule has 2 N–H and O–H groups in total. The topological polar surface area (TPSA) is 64.9 Å². The lowest BCUT2D eigenvalue weighted by Crippen LogP contribution is -2.00. The minimum atomic E-state index is 0.287. The molecule has 88 valence electrons. The highest BCUT2D eigenvalue weighted by molar-refractivity contribution is 7.99. The van der Waals surface area contributed by atoms with Crippen molar-refractivity contribution in [3.05, 3.63) is 29.7 Å². The third-order valence-electron chi connectivity index (χ3n) is 2.82. The highest BCUT2D eigenvalue weighted by Gasteiger charge is 2.17. The van der Waals surface area contributed by atoms with E-state index in [4.69, 9.17) is 10.3 Å². The zero-order valence-electron chi connectivity index (χ0n) is 9.35. The van der Waals surface area contributed by atoms with Crippen molar-refractivity contribution in [2.45, 2.75) is 24.3 Å². The van der Waals surface area contributed by atoms with E-state index in [0.717, 1.165) is 17.7 Å². The Morgan fingerprint density at radius 1 is 1.41 bits per heavy atom. The molecule has 1 aromatic carbocycles. The number of hydrogen-bond acceptors (Lipinski definition) is 5. The maximum absolute atomic E-state index is 5.48. The lowest BCUT2D eigenvalue weighted by Gasteiger charge is -2.16. The molecule has 0 saturated carbocycles. The first-order valence-corrected chi connectivity index (χ1v) is 6.65. The van der Waals surface area contributed by atoms with Crippen molar-refractivity contribution in [1.82, 2.24) is 10.1 Å². The zero-order valence-corrected chi connectivity index (χ0v) is 10.2. The SMILES string of the molecule is NCc1nc(-c2cccc3c2SCCC3)no1. The minimum Gasteiger partial charge on any atom is -0.338 e. The van der Waals surface area contributed by atoms with E-state index in [1.807, 2.05) is 17.8 Å². The van der Waals surface area contributed by atoms with E-state index in [9.17, 15) is 0 Å². The van der Waals surface area contributed by atoms with Crippen LogP contribution in [0.5, 0.6) is 0 Å². The Labute approximate surface area is 104 Å². The number of aromatic nitrogens is 2. The number of hydrogen-bond donors (Lipinski definition) is 1. The molecule has 3 rings (SSSR count). The molecule has 0 radical (unpaired) electrons. The lowest BCUT2D eigenvalue weighted by molar-refractivity contribution is 0.380. The molecule has 0 saturated heterocycles. The van der Waals surface area contributed by atoms with E-state index in [0.29, 0.717) is 11.7 Å². The second-order valence-corrected chi connectivity index (χ2v) is 5.07. The summed E-state index contributed by atoms with van der Waals surface area (Å²) in [7, 11) is 0. The summed E-state index contributed by atoms with van der Waals surface area (Å²) in [6.07, 6.45) is 2.37. The first-order valence-electron chi connectivity index (χ1n) is 5.66. The van der Waals surface area contributed by atoms with Gasteiger partial charge in [-0.2, -0.15) is 4.98 Å². The maximum Gasteiger partial charge on any atom is 0.240 e. The molecular formula is C12H13N3OS. The predicted molar refractivity (Wildman–Crippen MR) is 66.7 cm³/mol. The molecule has 0 fully saturated rings. The Bertz CT molecular complexity index is 538. The Morgan fingerprint density at radius 2 is 2.35 bits per heavy atom. The summed E-state index contributed by atoms with van der Waals surface area (Å²) in [5, 5.41) is 3.99. The van der Waals surface area contributed by atoms with Crippen LogP contribution in [0.25, 0.3) is 11.4 Å². The van der Waals surface area contributed by atoms with Crippen molar-refractivity contribution in [2.75, 3.05) is 5.75 Å². The summed E-state index contributed by atoms with van der Waals surface area (Å²) < 4.78 is 5.06. The van der Waals surface area contributed by atoms with Crippen LogP contribution in [0.3, 0.4) is 0 Å². The molecule has 1 aliphatic heterocycles. The zero-order chi connectivity index (χ0) is 11.7. The fourth-order valence-corrected chi connectivity index (χ4v) is 3.18. The summed E-state index contributed by atoms with van der Waals surface area (Å²) in [5.74, 6) is 2.29. The predicted octanol–water partition coefficient (Wildman–Crippen LogP) is 2.23. The van der Waals surface area contributed by atoms with Crippen molar-refractivity contribution in [1.29, 1.82) is 0 Å². The van der Waals surface area contributed by atoms with Gasteiger partial charge in [0.25, 0.3) is 0 Å². The first kappa shape index (κ1) is 10.8. The monoisotopic (exact) mass is 247 g/mol. The molecule has 2 aromatic rings. The number of thioether (sulfide) groups is 1. The summed E-state index contributed by atoms with van der Waals surface area (Å²) in [5.41, 5.74) is 7.93. The molecule has 17 heavy (non-hydrogen) atoms. The van der Waals surface area contributed by atoms with Gasteiger partial charge in [0.1, 0.15) is 0 Å². The van der Waals surface area contributed by atoms with Gasteiger partial charge in [0, 0.05) is 10.5 Å². The molecular weight excluding hydrogens is 234 g/mol. The Balaban J connectivity index is 2.07. The molecule has 1 aliphatic rings. The first-order chi connectivity index (χ1) is 8.38. The van der Waals surface area contributed by atoms with Crippen LogP contribution < -0.4 is 5.73 Å². The molecule has 0 bridgehead atoms. The minimum absolute atomic E-state index is 0.287. The van der Waals surface area contributed by atoms with Gasteiger partial charge in [0.05, 0.1) is 6.54 Å². The van der Waals surface area contributed by atoms with Crippen LogP contribution in [0.1, 0.15) is 17.9 Å². The smallest absolute Gasteiger partial charge is 0.240 e. The quantitative estimate of drug-likeness (QED) is 0.881. The van der Waals surface area contributed by atoms with Crippen LogP contribution in [-0.4, -0.2) is 15.9 Å². The van der Waals surface area contributed by atoms with Gasteiger partial charge in [-0.15, -0.1) is 11.8 Å². The Kier molecular flexibility index (Phi) is 2.86. The van der Waals surface area contributed by atoms with Gasteiger partial charge >= 0.3 is 0 Å². The molecule has 1 aromatic heterocycles. The van der Waals surface area contributed by atoms with E-state index < -0.39 is 0 Å². The largest absolute Gasteiger partial charge is 0.338 e. The Morgan fingerprint density at radius 3 is 3.18 bits per heavy atom. The van der Waals surface area contributed by atoms with E-state index >= 15 is 0 Å². The average Bonchev–Trinajstić information content (AvgIpc) is 2.87. The average molecular weight is 247 g/mol. The van der Waals surface area contributed by atoms with Crippen LogP contribution in [0.4, 0.5) is 0 Å². The summed E-state index contributed by atoms with van der Waals surface area (Å²) in [6, 6.07) is 6.27. The number of benzene rings is 1. The summed E-state index contributed by atoms with van der Waals surface area (Å²) in [4.78, 5) is 5.59. The van der Waals surface area contributed by atoms with E-state index in [1.54, 1.807) is 0 Å². The summed E-state index contributed by atoms with van der Waals surface area (Å²) in [6.45, 7) is 0.287. The molecule has 4 nitrogen and oxygen atoms in total. The number of nitrogens with two attached hydrogens (primary N) is 1. The second kappa shape index (κ2) is 4.50. The highest BCUT2D eigenvalue weighted by atomic mass is 32.2. The second-order valence-electron chi connectivity index (χ2n) is 3.96. The number of aryl methyl sites for hydroxylation is 1. The van der Waals surface area contributed by atoms with Crippen molar-refractivity contribution in [3.63, 3.8) is 0 Å². The molecule has 0 spiro atoms. The van der Waals surface area contributed by atoms with Crippen LogP contribution in [0.2, 0.25) is 0 Å². The fourth-order valence-electron chi connectivity index (χ4n) is 2.01. The van der Waals surface area contributed by atoms with Gasteiger partial charge in [-0.05, 0) is 30.2 Å². The molecule has 5 heteroatoms. The standard InChI is InChI=1S/C12H13N3OS/c13-7-10-14-12(15-16-10)9-5-1-3-8-4-2-6-17-11(8)9/h1,3,5H,2,4,6-7,13H2. The van der Waals surface area contributed by atoms with E-state index in [-0.39, 0.29) is 6.54 Å². The number of fused-ring (bicyclic) bond motifs is 1. The molecule has 0 atom stereocenters. The van der Waals surface area contributed by atoms with Crippen LogP contribution in [0.15, 0.2) is 27.6 Å². The van der Waals surface area contributed by atoms with Crippen molar-refractivity contribution in [3.8, 4) is 11.4 Å². The van der Waals surface area contributed by atoms with E-state index in [1.165, 1.54) is 16.9 Å². The lowest BCUT2D eigenvalue weighted by atomic mass is 10.1. The van der Waals surface area contributed by atoms with Crippen molar-refractivity contribution in [2.24, 2.45) is 5.73 Å². The Hall–Kier alpha value is -1.33.